The summed E-state index contributed by atoms with van der Waals surface area (Å²) in [5.41, 5.74) is 2.83. The molecule has 0 saturated carbocycles. The van der Waals surface area contributed by atoms with E-state index in [1.54, 1.807) is 0 Å². The van der Waals surface area contributed by atoms with Crippen LogP contribution in [0.25, 0.3) is 22.0 Å². The summed E-state index contributed by atoms with van der Waals surface area (Å²) in [6.45, 7) is 0. The first-order chi connectivity index (χ1) is 14.1. The van der Waals surface area contributed by atoms with Crippen molar-refractivity contribution < 1.29 is 9.53 Å². The molecular weight excluding hydrogens is 430 g/mol. The minimum absolute atomic E-state index is 0.144. The van der Waals surface area contributed by atoms with Crippen molar-refractivity contribution >= 4 is 32.6 Å². The summed E-state index contributed by atoms with van der Waals surface area (Å²) in [4.78, 5) is 29.2. The number of benzene rings is 3. The Hall–Kier alpha value is -3.02. The summed E-state index contributed by atoms with van der Waals surface area (Å²) < 4.78 is 6.56. The van der Waals surface area contributed by atoms with Gasteiger partial charge in [0.25, 0.3) is 5.56 Å². The van der Waals surface area contributed by atoms with E-state index in [1.807, 2.05) is 78.9 Å². The van der Waals surface area contributed by atoms with Crippen LogP contribution in [-0.2, 0) is 4.74 Å². The maximum Gasteiger partial charge on any atom is 0.260 e. The molecule has 2 heterocycles. The Morgan fingerprint density at radius 2 is 1.62 bits per heavy atom. The van der Waals surface area contributed by atoms with Crippen LogP contribution in [0.5, 0.6) is 0 Å². The highest BCUT2D eigenvalue weighted by molar-refractivity contribution is 9.10. The first-order valence-electron chi connectivity index (χ1n) is 9.29. The fourth-order valence-electron chi connectivity index (χ4n) is 3.76. The minimum Gasteiger partial charge on any atom is -0.356 e. The number of aromatic amines is 1. The molecule has 5 rings (SSSR count). The van der Waals surface area contributed by atoms with E-state index in [0.29, 0.717) is 11.1 Å². The summed E-state index contributed by atoms with van der Waals surface area (Å²) in [5.74, 6) is -0.291. The molecule has 5 heteroatoms. The number of hydrogen-bond acceptors (Lipinski definition) is 3. The second kappa shape index (κ2) is 7.10. The Bertz CT molecular complexity index is 1280. The van der Waals surface area contributed by atoms with Gasteiger partial charge in [0, 0.05) is 20.9 Å². The number of rotatable bonds is 4. The van der Waals surface area contributed by atoms with Gasteiger partial charge in [-0.1, -0.05) is 76.6 Å². The predicted molar refractivity (Wildman–Crippen MR) is 116 cm³/mol. The van der Waals surface area contributed by atoms with Gasteiger partial charge in [-0.15, -0.1) is 0 Å². The SMILES string of the molecule is O=C(c1c(-c2ccccc2)c2cc(Br)ccc2[nH]c1=O)[C@@H]1O[C@@H]1c1ccccc1. The number of aromatic nitrogens is 1. The molecule has 0 amide bonds. The van der Waals surface area contributed by atoms with Gasteiger partial charge >= 0.3 is 0 Å². The van der Waals surface area contributed by atoms with Crippen molar-refractivity contribution in [3.8, 4) is 11.1 Å². The van der Waals surface area contributed by atoms with Gasteiger partial charge in [-0.3, -0.25) is 9.59 Å². The lowest BCUT2D eigenvalue weighted by molar-refractivity contribution is 0.0953. The largest absolute Gasteiger partial charge is 0.356 e. The molecule has 0 aliphatic carbocycles. The van der Waals surface area contributed by atoms with Crippen LogP contribution in [0.2, 0.25) is 0 Å². The number of carbonyl (C=O) groups excluding carboxylic acids is 1. The van der Waals surface area contributed by atoms with E-state index >= 15 is 0 Å². The lowest BCUT2D eigenvalue weighted by Crippen LogP contribution is -2.23. The van der Waals surface area contributed by atoms with Crippen molar-refractivity contribution in [1.82, 2.24) is 4.98 Å². The fourth-order valence-corrected chi connectivity index (χ4v) is 4.12. The number of ketones is 1. The van der Waals surface area contributed by atoms with Crippen LogP contribution < -0.4 is 5.56 Å². The number of epoxide rings is 1. The van der Waals surface area contributed by atoms with Crippen LogP contribution >= 0.6 is 15.9 Å². The average Bonchev–Trinajstić information content (AvgIpc) is 3.55. The van der Waals surface area contributed by atoms with Crippen molar-refractivity contribution in [2.75, 3.05) is 0 Å². The minimum atomic E-state index is -0.648. The quantitative estimate of drug-likeness (QED) is 0.343. The Kier molecular flexibility index (Phi) is 4.42. The van der Waals surface area contributed by atoms with Gasteiger partial charge in [0.1, 0.15) is 6.10 Å². The molecule has 3 aromatic carbocycles. The molecule has 1 aromatic heterocycles. The molecule has 1 fully saturated rings. The molecular formula is C24H16BrNO3. The van der Waals surface area contributed by atoms with Gasteiger partial charge in [-0.2, -0.15) is 0 Å². The van der Waals surface area contributed by atoms with E-state index in [-0.39, 0.29) is 17.5 Å². The average molecular weight is 446 g/mol. The molecule has 142 valence electrons. The molecule has 1 aliphatic rings. The van der Waals surface area contributed by atoms with Crippen LogP contribution in [0.15, 0.2) is 88.1 Å². The number of halogens is 1. The van der Waals surface area contributed by atoms with Gasteiger partial charge in [-0.05, 0) is 29.3 Å². The number of pyridine rings is 1. The highest BCUT2D eigenvalue weighted by Gasteiger charge is 2.47. The normalized spacial score (nSPS) is 18.0. The van der Waals surface area contributed by atoms with E-state index in [9.17, 15) is 9.59 Å². The molecule has 29 heavy (non-hydrogen) atoms. The van der Waals surface area contributed by atoms with Crippen molar-refractivity contribution in [2.24, 2.45) is 0 Å². The number of H-pyrrole nitrogens is 1. The predicted octanol–water partition coefficient (Wildman–Crippen LogP) is 5.28. The second-order valence-electron chi connectivity index (χ2n) is 7.01. The number of nitrogens with one attached hydrogen (secondary N) is 1. The molecule has 2 atom stereocenters. The monoisotopic (exact) mass is 445 g/mol. The van der Waals surface area contributed by atoms with Gasteiger partial charge < -0.3 is 9.72 Å². The number of hydrogen-bond donors (Lipinski definition) is 1. The molecule has 4 nitrogen and oxygen atoms in total. The zero-order valence-electron chi connectivity index (χ0n) is 15.3. The third-order valence-electron chi connectivity index (χ3n) is 5.16. The lowest BCUT2D eigenvalue weighted by atomic mass is 9.92. The standard InChI is InChI=1S/C24H16BrNO3/c25-16-11-12-18-17(13-16)19(14-7-3-1-4-8-14)20(24(28)26-18)21(27)23-22(29-23)15-9-5-2-6-10-15/h1-13,22-23H,(H,26,28)/t22-,23+/m1/s1. The van der Waals surface area contributed by atoms with Crippen molar-refractivity contribution in [3.05, 3.63) is 105 Å². The fraction of sp³-hybridized carbons (Fsp3) is 0.0833. The molecule has 4 aromatic rings. The first-order valence-corrected chi connectivity index (χ1v) is 10.1. The molecule has 0 bridgehead atoms. The van der Waals surface area contributed by atoms with Crippen LogP contribution in [0.1, 0.15) is 22.0 Å². The highest BCUT2D eigenvalue weighted by Crippen LogP contribution is 2.42. The van der Waals surface area contributed by atoms with Crippen molar-refractivity contribution in [2.45, 2.75) is 12.2 Å². The Morgan fingerprint density at radius 3 is 2.34 bits per heavy atom. The van der Waals surface area contributed by atoms with E-state index in [1.165, 1.54) is 0 Å². The van der Waals surface area contributed by atoms with E-state index in [4.69, 9.17) is 4.74 Å². The molecule has 0 unspecified atom stereocenters. The van der Waals surface area contributed by atoms with Crippen LogP contribution in [0, 0.1) is 0 Å². The molecule has 0 spiro atoms. The third-order valence-corrected chi connectivity index (χ3v) is 5.66. The summed E-state index contributed by atoms with van der Waals surface area (Å²) in [6.07, 6.45) is -0.963. The summed E-state index contributed by atoms with van der Waals surface area (Å²) >= 11 is 3.50. The molecule has 1 saturated heterocycles. The number of carbonyl (C=O) groups is 1. The number of ether oxygens (including phenoxy) is 1. The van der Waals surface area contributed by atoms with Gasteiger partial charge in [0.15, 0.2) is 6.10 Å². The Labute approximate surface area is 175 Å². The summed E-state index contributed by atoms with van der Waals surface area (Å²) in [6, 6.07) is 24.7. The zero-order chi connectivity index (χ0) is 20.0. The van der Waals surface area contributed by atoms with Crippen LogP contribution in [-0.4, -0.2) is 16.9 Å². The zero-order valence-corrected chi connectivity index (χ0v) is 16.8. The lowest BCUT2D eigenvalue weighted by Gasteiger charge is -2.12. The Balaban J connectivity index is 1.69. The van der Waals surface area contributed by atoms with E-state index in [0.717, 1.165) is 21.0 Å². The van der Waals surface area contributed by atoms with Gasteiger partial charge in [-0.25, -0.2) is 0 Å². The summed E-state index contributed by atoms with van der Waals surface area (Å²) in [5, 5.41) is 0.811. The van der Waals surface area contributed by atoms with E-state index < -0.39 is 11.7 Å². The van der Waals surface area contributed by atoms with Crippen LogP contribution in [0.3, 0.4) is 0 Å². The smallest absolute Gasteiger partial charge is 0.260 e. The number of fused-ring (bicyclic) bond motifs is 1. The van der Waals surface area contributed by atoms with Crippen molar-refractivity contribution in [3.63, 3.8) is 0 Å². The second-order valence-corrected chi connectivity index (χ2v) is 7.93. The third kappa shape index (κ3) is 3.22. The maximum absolute atomic E-state index is 13.4. The van der Waals surface area contributed by atoms with E-state index in [2.05, 4.69) is 20.9 Å². The highest BCUT2D eigenvalue weighted by atomic mass is 79.9. The topological polar surface area (TPSA) is 62.5 Å². The van der Waals surface area contributed by atoms with Gasteiger partial charge in [0.2, 0.25) is 5.78 Å². The molecule has 1 aliphatic heterocycles. The van der Waals surface area contributed by atoms with Crippen LogP contribution in [0.4, 0.5) is 0 Å². The van der Waals surface area contributed by atoms with Gasteiger partial charge in [0.05, 0.1) is 5.56 Å². The molecule has 0 radical (unpaired) electrons. The molecule has 1 N–H and O–H groups in total. The first kappa shape index (κ1) is 18.0. The van der Waals surface area contributed by atoms with Crippen molar-refractivity contribution in [1.29, 1.82) is 0 Å². The Morgan fingerprint density at radius 1 is 0.931 bits per heavy atom. The summed E-state index contributed by atoms with van der Waals surface area (Å²) in [7, 11) is 0. The maximum atomic E-state index is 13.4. The number of Topliss-reactive ketones (excluding diaryl/α,β-unsaturated/α-hetero) is 1.